The Balaban J connectivity index is 1.64. The van der Waals surface area contributed by atoms with E-state index in [0.717, 1.165) is 25.7 Å². The van der Waals surface area contributed by atoms with Crippen molar-refractivity contribution in [1.29, 1.82) is 0 Å². The summed E-state index contributed by atoms with van der Waals surface area (Å²) in [7, 11) is 1.61. The molecule has 1 heterocycles. The molecule has 4 aliphatic carbocycles. The van der Waals surface area contributed by atoms with Crippen molar-refractivity contribution in [3.63, 3.8) is 0 Å². The van der Waals surface area contributed by atoms with Crippen molar-refractivity contribution >= 4 is 34.5 Å². The van der Waals surface area contributed by atoms with Crippen LogP contribution >= 0.6 is 11.8 Å². The number of esters is 1. The number of hydrogen-bond acceptors (Lipinski definition) is 7. The number of ketones is 2. The lowest BCUT2D eigenvalue weighted by Crippen LogP contribution is -2.75. The van der Waals surface area contributed by atoms with E-state index in [1.54, 1.807) is 7.11 Å². The number of fused-ring (bicyclic) bond motifs is 2. The maximum Gasteiger partial charge on any atom is 0.302 e. The second-order valence-electron chi connectivity index (χ2n) is 10.5. The van der Waals surface area contributed by atoms with Gasteiger partial charge in [0, 0.05) is 37.0 Å². The zero-order chi connectivity index (χ0) is 21.5. The largest absolute Gasteiger partial charge is 0.476 e. The summed E-state index contributed by atoms with van der Waals surface area (Å²) in [5.41, 5.74) is -1.21. The first kappa shape index (κ1) is 20.5. The van der Waals surface area contributed by atoms with E-state index in [1.165, 1.54) is 18.7 Å². The summed E-state index contributed by atoms with van der Waals surface area (Å²) in [6.07, 6.45) is 5.34. The molecule has 0 saturated heterocycles. The third-order valence-electron chi connectivity index (χ3n) is 9.43. The Morgan fingerprint density at radius 3 is 2.57 bits per heavy atom. The van der Waals surface area contributed by atoms with Crippen molar-refractivity contribution in [2.45, 2.75) is 88.5 Å². The topological polar surface area (TPSA) is 82.0 Å². The minimum atomic E-state index is -0.617. The molecule has 0 amide bonds. The predicted molar refractivity (Wildman–Crippen MR) is 113 cm³/mol. The first-order valence-electron chi connectivity index (χ1n) is 11.2. The van der Waals surface area contributed by atoms with Crippen molar-refractivity contribution in [2.75, 3.05) is 7.11 Å². The van der Waals surface area contributed by atoms with Crippen LogP contribution in [0.15, 0.2) is 4.99 Å². The zero-order valence-electron chi connectivity index (χ0n) is 18.3. The van der Waals surface area contributed by atoms with E-state index in [-0.39, 0.29) is 40.4 Å². The van der Waals surface area contributed by atoms with Gasteiger partial charge in [-0.3, -0.25) is 14.4 Å². The van der Waals surface area contributed by atoms with Crippen LogP contribution in [0.2, 0.25) is 0 Å². The summed E-state index contributed by atoms with van der Waals surface area (Å²) >= 11 is 1.53. The number of methoxy groups -OCH3 is 1. The van der Waals surface area contributed by atoms with E-state index < -0.39 is 10.3 Å². The molecule has 5 aliphatic rings. The van der Waals surface area contributed by atoms with Gasteiger partial charge in [-0.25, -0.2) is 4.99 Å². The van der Waals surface area contributed by atoms with Crippen LogP contribution in [0.5, 0.6) is 0 Å². The fourth-order valence-electron chi connectivity index (χ4n) is 8.03. The molecule has 5 rings (SSSR count). The molecule has 164 valence electrons. The average molecular weight is 434 g/mol. The minimum absolute atomic E-state index is 0.182. The molecule has 6 nitrogen and oxygen atoms in total. The van der Waals surface area contributed by atoms with Crippen molar-refractivity contribution in [3.05, 3.63) is 0 Å². The third-order valence-corrected chi connectivity index (χ3v) is 11.2. The highest BCUT2D eigenvalue weighted by atomic mass is 32.2. The van der Waals surface area contributed by atoms with Crippen molar-refractivity contribution < 1.29 is 23.9 Å². The Hall–Kier alpha value is -1.37. The second-order valence-corrected chi connectivity index (χ2v) is 11.7. The van der Waals surface area contributed by atoms with Gasteiger partial charge in [0.1, 0.15) is 11.9 Å². The molecule has 0 aromatic carbocycles. The smallest absolute Gasteiger partial charge is 0.302 e. The quantitative estimate of drug-likeness (QED) is 0.587. The van der Waals surface area contributed by atoms with Crippen LogP contribution in [-0.4, -0.2) is 46.3 Å². The van der Waals surface area contributed by atoms with E-state index in [9.17, 15) is 14.4 Å². The maximum absolute atomic E-state index is 14.2. The minimum Gasteiger partial charge on any atom is -0.476 e. The number of carbonyl (C=O) groups excluding carboxylic acids is 3. The number of rotatable bonds is 1. The molecular weight excluding hydrogens is 402 g/mol. The molecule has 0 radical (unpaired) electrons. The Bertz CT molecular complexity index is 872. The Kier molecular flexibility index (Phi) is 4.33. The molecule has 7 heteroatoms. The summed E-state index contributed by atoms with van der Waals surface area (Å²) < 4.78 is 10.7. The lowest BCUT2D eigenvalue weighted by molar-refractivity contribution is -0.168. The molecule has 0 aromatic heterocycles. The summed E-state index contributed by atoms with van der Waals surface area (Å²) in [6.45, 7) is 5.82. The molecule has 7 unspecified atom stereocenters. The van der Waals surface area contributed by atoms with Gasteiger partial charge in [0.25, 0.3) is 0 Å². The Morgan fingerprint density at radius 2 is 1.87 bits per heavy atom. The molecule has 1 aliphatic heterocycles. The summed E-state index contributed by atoms with van der Waals surface area (Å²) in [6, 6.07) is 0. The molecule has 30 heavy (non-hydrogen) atoms. The van der Waals surface area contributed by atoms with Crippen molar-refractivity contribution in [1.82, 2.24) is 0 Å². The van der Waals surface area contributed by atoms with E-state index in [4.69, 9.17) is 14.5 Å². The van der Waals surface area contributed by atoms with Crippen molar-refractivity contribution in [3.8, 4) is 0 Å². The van der Waals surface area contributed by atoms with Gasteiger partial charge < -0.3 is 9.47 Å². The number of ether oxygens (including phenoxy) is 2. The summed E-state index contributed by atoms with van der Waals surface area (Å²) in [5, 5.41) is 0.554. The van der Waals surface area contributed by atoms with Crippen LogP contribution in [-0.2, 0) is 23.9 Å². The third kappa shape index (κ3) is 2.28. The van der Waals surface area contributed by atoms with Gasteiger partial charge in [-0.15, -0.1) is 0 Å². The highest BCUT2D eigenvalue weighted by Crippen LogP contribution is 2.74. The molecule has 2 bridgehead atoms. The number of carbonyl (C=O) groups is 3. The van der Waals surface area contributed by atoms with Crippen LogP contribution in [0, 0.1) is 22.7 Å². The van der Waals surface area contributed by atoms with Gasteiger partial charge in [0.2, 0.25) is 5.23 Å². The number of aliphatic imine (C=N–C) groups is 1. The van der Waals surface area contributed by atoms with Crippen LogP contribution in [0.4, 0.5) is 0 Å². The fourth-order valence-corrected chi connectivity index (χ4v) is 9.74. The number of Topliss-reactive ketones (excluding diaryl/α,β-unsaturated/α-hetero) is 2. The number of thioether (sulfide) groups is 1. The Labute approximate surface area is 181 Å². The van der Waals surface area contributed by atoms with Crippen LogP contribution < -0.4 is 0 Å². The second kappa shape index (κ2) is 6.33. The van der Waals surface area contributed by atoms with Crippen LogP contribution in [0.25, 0.3) is 0 Å². The Morgan fingerprint density at radius 1 is 1.10 bits per heavy atom. The van der Waals surface area contributed by atoms with Gasteiger partial charge >= 0.3 is 5.97 Å². The molecule has 4 fully saturated rings. The van der Waals surface area contributed by atoms with E-state index in [2.05, 4.69) is 13.8 Å². The predicted octanol–water partition coefficient (Wildman–Crippen LogP) is 3.70. The van der Waals surface area contributed by atoms with Gasteiger partial charge in [-0.1, -0.05) is 25.6 Å². The highest BCUT2D eigenvalue weighted by molar-refractivity contribution is 8.15. The normalized spacial score (nSPS) is 49.5. The molecule has 4 saturated carbocycles. The highest BCUT2D eigenvalue weighted by Gasteiger charge is 2.77. The van der Waals surface area contributed by atoms with E-state index in [1.807, 2.05) is 0 Å². The zero-order valence-corrected chi connectivity index (χ0v) is 19.1. The molecule has 7 atom stereocenters. The lowest BCUT2D eigenvalue weighted by Gasteiger charge is -2.69. The molecule has 0 aromatic rings. The van der Waals surface area contributed by atoms with Crippen molar-refractivity contribution in [2.24, 2.45) is 27.7 Å². The van der Waals surface area contributed by atoms with Gasteiger partial charge in [0.15, 0.2) is 5.78 Å². The van der Waals surface area contributed by atoms with Gasteiger partial charge in [-0.05, 0) is 43.9 Å². The van der Waals surface area contributed by atoms with Crippen LogP contribution in [0.3, 0.4) is 0 Å². The maximum atomic E-state index is 14.2. The van der Waals surface area contributed by atoms with E-state index in [0.29, 0.717) is 36.8 Å². The monoisotopic (exact) mass is 433 g/mol. The average Bonchev–Trinajstić information content (AvgIpc) is 2.97. The molecular formula is C23H31NO5S. The van der Waals surface area contributed by atoms with Crippen LogP contribution in [0.1, 0.15) is 72.1 Å². The molecule has 0 N–H and O–H groups in total. The van der Waals surface area contributed by atoms with Gasteiger partial charge in [-0.2, -0.15) is 0 Å². The SMILES string of the molecule is COC1=NC23CCC4C5CCC(OC(C)=O)C5(C)CC(=O)C4(S1)C2(C)CCC(=O)C3. The molecule has 1 spiro atoms. The summed E-state index contributed by atoms with van der Waals surface area (Å²) in [5.74, 6) is 0.713. The van der Waals surface area contributed by atoms with Gasteiger partial charge in [0.05, 0.1) is 17.4 Å². The summed E-state index contributed by atoms with van der Waals surface area (Å²) in [4.78, 5) is 43.4. The fraction of sp³-hybridized carbons (Fsp3) is 0.826. The lowest BCUT2D eigenvalue weighted by atomic mass is 9.42. The first-order valence-corrected chi connectivity index (χ1v) is 12.0. The number of hydrogen-bond donors (Lipinski definition) is 0. The standard InChI is InChI=1S/C23H31NO5S/c1-13(25)29-18-6-5-15-16-8-10-22-11-14(26)7-9-21(22,3)23(16,30-19(24-22)28-4)17(27)12-20(15,18)2/h15-16,18H,5-12H2,1-4H3. The van der Waals surface area contributed by atoms with E-state index >= 15 is 0 Å². The number of nitrogens with zero attached hydrogens (tertiary/aromatic N) is 1. The first-order chi connectivity index (χ1) is 14.1.